The number of aromatic hydroxyl groups is 3. The minimum absolute atomic E-state index is 0.132. The van der Waals surface area contributed by atoms with E-state index in [4.69, 9.17) is 0 Å². The van der Waals surface area contributed by atoms with E-state index in [-0.39, 0.29) is 11.5 Å². The van der Waals surface area contributed by atoms with Crippen LogP contribution in [0.25, 0.3) is 0 Å². The van der Waals surface area contributed by atoms with Gasteiger partial charge < -0.3 is 20.6 Å². The first-order chi connectivity index (χ1) is 8.99. The zero-order valence-corrected chi connectivity index (χ0v) is 10.9. The van der Waals surface area contributed by atoms with Crippen molar-refractivity contribution in [2.75, 3.05) is 5.32 Å². The first-order valence-electron chi connectivity index (χ1n) is 6.03. The zero-order chi connectivity index (χ0) is 14.0. The average molecular weight is 259 g/mol. The molecule has 0 amide bonds. The highest BCUT2D eigenvalue weighted by Gasteiger charge is 2.06. The predicted molar refractivity (Wildman–Crippen MR) is 74.7 cm³/mol. The Hall–Kier alpha value is -2.36. The predicted octanol–water partition coefficient (Wildman–Crippen LogP) is 3.03. The van der Waals surface area contributed by atoms with Gasteiger partial charge in [-0.3, -0.25) is 0 Å². The fourth-order valence-electron chi connectivity index (χ4n) is 1.90. The number of anilines is 1. The molecule has 4 heteroatoms. The van der Waals surface area contributed by atoms with Crippen molar-refractivity contribution in [3.8, 4) is 17.2 Å². The normalized spacial score (nSPS) is 10.4. The summed E-state index contributed by atoms with van der Waals surface area (Å²) in [6, 6.07) is 8.44. The molecule has 2 aromatic carbocycles. The van der Waals surface area contributed by atoms with Crippen molar-refractivity contribution in [2.45, 2.75) is 20.4 Å². The van der Waals surface area contributed by atoms with Crippen molar-refractivity contribution in [3.05, 3.63) is 47.0 Å². The Labute approximate surface area is 112 Å². The van der Waals surface area contributed by atoms with Crippen LogP contribution in [0.1, 0.15) is 16.7 Å². The van der Waals surface area contributed by atoms with Gasteiger partial charge in [-0.1, -0.05) is 12.1 Å². The van der Waals surface area contributed by atoms with Gasteiger partial charge in [0.2, 0.25) is 0 Å². The molecule has 0 aliphatic rings. The van der Waals surface area contributed by atoms with E-state index in [2.05, 4.69) is 5.32 Å². The highest BCUT2D eigenvalue weighted by atomic mass is 16.3. The van der Waals surface area contributed by atoms with Crippen molar-refractivity contribution < 1.29 is 15.3 Å². The maximum atomic E-state index is 9.85. The molecule has 0 spiro atoms. The molecule has 0 radical (unpaired) electrons. The fraction of sp³-hybridized carbons (Fsp3) is 0.200. The van der Waals surface area contributed by atoms with E-state index in [1.165, 1.54) is 12.1 Å². The third kappa shape index (κ3) is 2.73. The largest absolute Gasteiger partial charge is 0.507 e. The molecule has 4 N–H and O–H groups in total. The Morgan fingerprint density at radius 2 is 1.68 bits per heavy atom. The zero-order valence-electron chi connectivity index (χ0n) is 10.9. The number of rotatable bonds is 3. The van der Waals surface area contributed by atoms with Crippen molar-refractivity contribution in [1.29, 1.82) is 0 Å². The molecule has 0 heterocycles. The second-order valence-electron chi connectivity index (χ2n) is 4.58. The molecule has 100 valence electrons. The summed E-state index contributed by atoms with van der Waals surface area (Å²) in [5.74, 6) is 0.0224. The molecule has 0 atom stereocenters. The standard InChI is InChI=1S/C15H17NO3/c1-9-3-5-12(10(2)15(9)19)16-8-11-4-6-13(17)14(18)7-11/h3-7,16-19H,8H2,1-2H3. The van der Waals surface area contributed by atoms with E-state index >= 15 is 0 Å². The van der Waals surface area contributed by atoms with Crippen molar-refractivity contribution in [1.82, 2.24) is 0 Å². The number of phenols is 3. The van der Waals surface area contributed by atoms with E-state index < -0.39 is 0 Å². The van der Waals surface area contributed by atoms with Gasteiger partial charge in [0.15, 0.2) is 11.5 Å². The molecule has 0 saturated heterocycles. The summed E-state index contributed by atoms with van der Waals surface area (Å²) in [6.07, 6.45) is 0. The van der Waals surface area contributed by atoms with E-state index in [0.717, 1.165) is 22.4 Å². The van der Waals surface area contributed by atoms with Crippen LogP contribution in [-0.2, 0) is 6.54 Å². The molecule has 0 aliphatic heterocycles. The Morgan fingerprint density at radius 1 is 0.947 bits per heavy atom. The average Bonchev–Trinajstić information content (AvgIpc) is 2.39. The monoisotopic (exact) mass is 259 g/mol. The van der Waals surface area contributed by atoms with Crippen LogP contribution in [0.4, 0.5) is 5.69 Å². The summed E-state index contributed by atoms with van der Waals surface area (Å²) in [6.45, 7) is 4.19. The van der Waals surface area contributed by atoms with Gasteiger partial charge in [-0.25, -0.2) is 0 Å². The molecule has 0 fully saturated rings. The molecule has 0 saturated carbocycles. The van der Waals surface area contributed by atoms with E-state index in [0.29, 0.717) is 12.3 Å². The van der Waals surface area contributed by atoms with Crippen molar-refractivity contribution >= 4 is 5.69 Å². The maximum absolute atomic E-state index is 9.85. The molecule has 2 rings (SSSR count). The summed E-state index contributed by atoms with van der Waals surface area (Å²) in [4.78, 5) is 0. The van der Waals surface area contributed by atoms with Gasteiger partial charge in [0.25, 0.3) is 0 Å². The van der Waals surface area contributed by atoms with Gasteiger partial charge in [0.05, 0.1) is 0 Å². The fourth-order valence-corrected chi connectivity index (χ4v) is 1.90. The lowest BCUT2D eigenvalue weighted by atomic mass is 10.1. The van der Waals surface area contributed by atoms with Gasteiger partial charge in [0, 0.05) is 17.8 Å². The highest BCUT2D eigenvalue weighted by Crippen LogP contribution is 2.29. The summed E-state index contributed by atoms with van der Waals surface area (Å²) in [7, 11) is 0. The summed E-state index contributed by atoms with van der Waals surface area (Å²) < 4.78 is 0. The highest BCUT2D eigenvalue weighted by molar-refractivity contribution is 5.59. The lowest BCUT2D eigenvalue weighted by molar-refractivity contribution is 0.403. The number of aryl methyl sites for hydroxylation is 1. The van der Waals surface area contributed by atoms with Gasteiger partial charge in [-0.2, -0.15) is 0 Å². The van der Waals surface area contributed by atoms with Crippen molar-refractivity contribution in [2.24, 2.45) is 0 Å². The molecule has 2 aromatic rings. The molecule has 0 unspecified atom stereocenters. The van der Waals surface area contributed by atoms with Gasteiger partial charge in [0.1, 0.15) is 5.75 Å². The minimum Gasteiger partial charge on any atom is -0.507 e. The van der Waals surface area contributed by atoms with Crippen LogP contribution in [-0.4, -0.2) is 15.3 Å². The van der Waals surface area contributed by atoms with Crippen LogP contribution < -0.4 is 5.32 Å². The van der Waals surface area contributed by atoms with E-state index in [1.54, 1.807) is 6.07 Å². The minimum atomic E-state index is -0.136. The summed E-state index contributed by atoms with van der Waals surface area (Å²) >= 11 is 0. The Morgan fingerprint density at radius 3 is 2.37 bits per heavy atom. The van der Waals surface area contributed by atoms with E-state index in [1.807, 2.05) is 26.0 Å². The molecule has 0 aliphatic carbocycles. The third-order valence-corrected chi connectivity index (χ3v) is 3.16. The Kier molecular flexibility index (Phi) is 3.51. The van der Waals surface area contributed by atoms with Crippen LogP contribution in [0.2, 0.25) is 0 Å². The van der Waals surface area contributed by atoms with E-state index in [9.17, 15) is 15.3 Å². The molecule has 0 bridgehead atoms. The molecule has 19 heavy (non-hydrogen) atoms. The van der Waals surface area contributed by atoms with Gasteiger partial charge in [-0.05, 0) is 43.2 Å². The van der Waals surface area contributed by atoms with Crippen molar-refractivity contribution in [3.63, 3.8) is 0 Å². The van der Waals surface area contributed by atoms with Crippen LogP contribution in [0.15, 0.2) is 30.3 Å². The van der Waals surface area contributed by atoms with Crippen LogP contribution >= 0.6 is 0 Å². The molecule has 4 nitrogen and oxygen atoms in total. The maximum Gasteiger partial charge on any atom is 0.157 e. The SMILES string of the molecule is Cc1ccc(NCc2ccc(O)c(O)c2)c(C)c1O. The lowest BCUT2D eigenvalue weighted by Crippen LogP contribution is -2.01. The third-order valence-electron chi connectivity index (χ3n) is 3.16. The summed E-state index contributed by atoms with van der Waals surface area (Å²) in [5, 5.41) is 31.7. The molecule has 0 aromatic heterocycles. The first kappa shape index (κ1) is 13.1. The number of phenolic OH excluding ortho intramolecular Hbond substituents is 3. The lowest BCUT2D eigenvalue weighted by Gasteiger charge is -2.12. The Bertz CT molecular complexity index is 609. The van der Waals surface area contributed by atoms with Gasteiger partial charge >= 0.3 is 0 Å². The van der Waals surface area contributed by atoms with Crippen LogP contribution in [0, 0.1) is 13.8 Å². The second-order valence-corrected chi connectivity index (χ2v) is 4.58. The first-order valence-corrected chi connectivity index (χ1v) is 6.03. The topological polar surface area (TPSA) is 72.7 Å². The molecular weight excluding hydrogens is 242 g/mol. The quantitative estimate of drug-likeness (QED) is 0.639. The summed E-state index contributed by atoms with van der Waals surface area (Å²) in [5.41, 5.74) is 3.32. The van der Waals surface area contributed by atoms with Crippen LogP contribution in [0.5, 0.6) is 17.2 Å². The number of hydrogen-bond donors (Lipinski definition) is 4. The number of benzene rings is 2. The molecular formula is C15H17NO3. The van der Waals surface area contributed by atoms with Gasteiger partial charge in [-0.15, -0.1) is 0 Å². The van der Waals surface area contributed by atoms with Crippen LogP contribution in [0.3, 0.4) is 0 Å². The smallest absolute Gasteiger partial charge is 0.157 e. The second kappa shape index (κ2) is 5.10. The Balaban J connectivity index is 2.14. The number of hydrogen-bond acceptors (Lipinski definition) is 4. The number of nitrogens with one attached hydrogen (secondary N) is 1.